The predicted octanol–water partition coefficient (Wildman–Crippen LogP) is 3.12. The smallest absolute Gasteiger partial charge is 0.285 e. The molecule has 1 aromatic heterocycles. The van der Waals surface area contributed by atoms with E-state index >= 15 is 0 Å². The molecule has 2 saturated carbocycles. The third kappa shape index (κ3) is 4.22. The molecular weight excluding hydrogens is 374 g/mol. The second-order valence-corrected chi connectivity index (χ2v) is 8.19. The van der Waals surface area contributed by atoms with Crippen molar-refractivity contribution in [2.75, 3.05) is 13.2 Å². The van der Waals surface area contributed by atoms with E-state index in [1.54, 1.807) is 0 Å². The van der Waals surface area contributed by atoms with Gasteiger partial charge in [0.1, 0.15) is 6.54 Å². The van der Waals surface area contributed by atoms with Crippen LogP contribution >= 0.6 is 0 Å². The topological polar surface area (TPSA) is 94.7 Å². The molecule has 1 aromatic rings. The van der Waals surface area contributed by atoms with Gasteiger partial charge in [0.15, 0.2) is 0 Å². The Morgan fingerprint density at radius 3 is 2.66 bits per heavy atom. The number of ether oxygens (including phenoxy) is 1. The van der Waals surface area contributed by atoms with Crippen LogP contribution in [0.1, 0.15) is 58.8 Å². The van der Waals surface area contributed by atoms with E-state index in [-0.39, 0.29) is 35.7 Å². The lowest BCUT2D eigenvalue weighted by atomic mass is 9.54. The summed E-state index contributed by atoms with van der Waals surface area (Å²) in [4.78, 5) is 37.7. The zero-order valence-electron chi connectivity index (χ0n) is 17.3. The van der Waals surface area contributed by atoms with E-state index in [0.29, 0.717) is 13.2 Å². The SMILES string of the molecule is CCCN(C(=O)Cn1cc([N+](=O)[O-])ccc1=O)[C@@H]1C[C@H](OCC)C12CCCCC2. The average molecular weight is 405 g/mol. The normalized spacial score (nSPS) is 22.8. The van der Waals surface area contributed by atoms with Gasteiger partial charge in [-0.3, -0.25) is 24.3 Å². The minimum Gasteiger partial charge on any atom is -0.378 e. The fraction of sp³-hybridized carbons (Fsp3) is 0.714. The molecule has 2 aliphatic rings. The van der Waals surface area contributed by atoms with Crippen LogP contribution in [-0.2, 0) is 16.1 Å². The van der Waals surface area contributed by atoms with Crippen LogP contribution in [0.15, 0.2) is 23.1 Å². The number of hydrogen-bond acceptors (Lipinski definition) is 5. The molecule has 0 N–H and O–H groups in total. The molecule has 1 amide bonds. The van der Waals surface area contributed by atoms with Crippen LogP contribution in [0.2, 0.25) is 0 Å². The van der Waals surface area contributed by atoms with E-state index in [1.807, 2.05) is 18.7 Å². The summed E-state index contributed by atoms with van der Waals surface area (Å²) in [5, 5.41) is 11.0. The van der Waals surface area contributed by atoms with Gasteiger partial charge in [-0.15, -0.1) is 0 Å². The number of carbonyl (C=O) groups excluding carboxylic acids is 1. The fourth-order valence-corrected chi connectivity index (χ4v) is 5.15. The van der Waals surface area contributed by atoms with Gasteiger partial charge in [0.05, 0.1) is 17.2 Å². The lowest BCUT2D eigenvalue weighted by Gasteiger charge is -2.60. The van der Waals surface area contributed by atoms with Crippen LogP contribution in [0.5, 0.6) is 0 Å². The molecule has 3 rings (SSSR count). The largest absolute Gasteiger partial charge is 0.378 e. The van der Waals surface area contributed by atoms with E-state index in [9.17, 15) is 19.7 Å². The number of aromatic nitrogens is 1. The molecule has 0 saturated heterocycles. The first-order valence-electron chi connectivity index (χ1n) is 10.7. The maximum absolute atomic E-state index is 13.2. The summed E-state index contributed by atoms with van der Waals surface area (Å²) in [7, 11) is 0. The van der Waals surface area contributed by atoms with Gasteiger partial charge in [-0.1, -0.05) is 26.2 Å². The summed E-state index contributed by atoms with van der Waals surface area (Å²) < 4.78 is 7.17. The highest BCUT2D eigenvalue weighted by atomic mass is 16.6. The Hall–Kier alpha value is -2.22. The molecule has 0 radical (unpaired) electrons. The molecule has 160 valence electrons. The molecule has 0 aliphatic heterocycles. The highest BCUT2D eigenvalue weighted by molar-refractivity contribution is 5.76. The number of nitrogens with zero attached hydrogens (tertiary/aromatic N) is 3. The van der Waals surface area contributed by atoms with Crippen molar-refractivity contribution in [2.45, 2.75) is 77.5 Å². The van der Waals surface area contributed by atoms with Crippen LogP contribution in [0, 0.1) is 15.5 Å². The third-order valence-corrected chi connectivity index (χ3v) is 6.54. The number of carbonyl (C=O) groups is 1. The minimum atomic E-state index is -0.556. The summed E-state index contributed by atoms with van der Waals surface area (Å²) in [6.07, 6.45) is 8.63. The van der Waals surface area contributed by atoms with E-state index in [1.165, 1.54) is 12.5 Å². The van der Waals surface area contributed by atoms with Crippen LogP contribution < -0.4 is 5.56 Å². The van der Waals surface area contributed by atoms with Gasteiger partial charge >= 0.3 is 0 Å². The van der Waals surface area contributed by atoms with Crippen molar-refractivity contribution >= 4 is 11.6 Å². The number of hydrogen-bond donors (Lipinski definition) is 0. The van der Waals surface area contributed by atoms with Gasteiger partial charge in [-0.2, -0.15) is 0 Å². The number of amides is 1. The molecule has 8 nitrogen and oxygen atoms in total. The molecule has 29 heavy (non-hydrogen) atoms. The molecular formula is C21H31N3O5. The summed E-state index contributed by atoms with van der Waals surface area (Å²) in [5.41, 5.74) is -0.593. The molecule has 2 atom stereocenters. The van der Waals surface area contributed by atoms with Crippen LogP contribution in [-0.4, -0.2) is 45.6 Å². The van der Waals surface area contributed by atoms with E-state index in [0.717, 1.165) is 55.4 Å². The molecule has 0 aromatic carbocycles. The van der Waals surface area contributed by atoms with E-state index < -0.39 is 10.5 Å². The van der Waals surface area contributed by atoms with Crippen LogP contribution in [0.25, 0.3) is 0 Å². The first-order valence-corrected chi connectivity index (χ1v) is 10.7. The van der Waals surface area contributed by atoms with Gasteiger partial charge in [-0.05, 0) is 32.6 Å². The maximum Gasteiger partial charge on any atom is 0.285 e. The zero-order chi connectivity index (χ0) is 21.0. The summed E-state index contributed by atoms with van der Waals surface area (Å²) in [6, 6.07) is 2.43. The van der Waals surface area contributed by atoms with Gasteiger partial charge in [0.2, 0.25) is 5.91 Å². The van der Waals surface area contributed by atoms with Gasteiger partial charge < -0.3 is 9.64 Å². The minimum absolute atomic E-state index is 0.00668. The molecule has 8 heteroatoms. The summed E-state index contributed by atoms with van der Waals surface area (Å²) in [5.74, 6) is -0.153. The highest BCUT2D eigenvalue weighted by Crippen LogP contribution is 2.55. The van der Waals surface area contributed by atoms with Crippen LogP contribution in [0.3, 0.4) is 0 Å². The summed E-state index contributed by atoms with van der Waals surface area (Å²) >= 11 is 0. The monoisotopic (exact) mass is 405 g/mol. The highest BCUT2D eigenvalue weighted by Gasteiger charge is 2.58. The van der Waals surface area contributed by atoms with E-state index in [2.05, 4.69) is 0 Å². The zero-order valence-corrected chi connectivity index (χ0v) is 17.3. The van der Waals surface area contributed by atoms with E-state index in [4.69, 9.17) is 4.74 Å². The van der Waals surface area contributed by atoms with Crippen molar-refractivity contribution in [3.05, 3.63) is 38.8 Å². The van der Waals surface area contributed by atoms with Crippen molar-refractivity contribution < 1.29 is 14.5 Å². The molecule has 2 aliphatic carbocycles. The molecule has 0 unspecified atom stereocenters. The Labute approximate surface area is 171 Å². The van der Waals surface area contributed by atoms with Crippen molar-refractivity contribution in [2.24, 2.45) is 5.41 Å². The van der Waals surface area contributed by atoms with Crippen LogP contribution in [0.4, 0.5) is 5.69 Å². The third-order valence-electron chi connectivity index (χ3n) is 6.54. The fourth-order valence-electron chi connectivity index (χ4n) is 5.15. The summed E-state index contributed by atoms with van der Waals surface area (Å²) in [6.45, 7) is 5.16. The maximum atomic E-state index is 13.2. The Morgan fingerprint density at radius 1 is 1.31 bits per heavy atom. The Bertz CT molecular complexity index is 800. The first kappa shape index (κ1) is 21.5. The second kappa shape index (κ2) is 9.07. The van der Waals surface area contributed by atoms with Crippen molar-refractivity contribution in [1.82, 2.24) is 9.47 Å². The number of nitro groups is 1. The molecule has 0 bridgehead atoms. The van der Waals surface area contributed by atoms with Crippen molar-refractivity contribution in [1.29, 1.82) is 0 Å². The predicted molar refractivity (Wildman–Crippen MR) is 109 cm³/mol. The molecule has 1 heterocycles. The number of rotatable bonds is 8. The van der Waals surface area contributed by atoms with Crippen molar-refractivity contribution in [3.63, 3.8) is 0 Å². The standard InChI is InChI=1S/C21H31N3O5/c1-3-12-23(17-13-18(29-4-2)21(17)10-6-5-7-11-21)20(26)15-22-14-16(24(27)28)8-9-19(22)25/h8-9,14,17-18H,3-7,10-13,15H2,1-2H3/t17-,18+/m1/s1. The Morgan fingerprint density at radius 2 is 2.03 bits per heavy atom. The Kier molecular flexibility index (Phi) is 6.72. The average Bonchev–Trinajstić information content (AvgIpc) is 2.71. The lowest BCUT2D eigenvalue weighted by molar-refractivity contribution is -0.385. The second-order valence-electron chi connectivity index (χ2n) is 8.19. The van der Waals surface area contributed by atoms with Gasteiger partial charge in [-0.25, -0.2) is 0 Å². The Balaban J connectivity index is 1.82. The van der Waals surface area contributed by atoms with Crippen molar-refractivity contribution in [3.8, 4) is 0 Å². The first-order chi connectivity index (χ1) is 13.9. The quantitative estimate of drug-likeness (QED) is 0.489. The molecule has 2 fully saturated rings. The van der Waals surface area contributed by atoms with Gasteiger partial charge in [0, 0.05) is 36.7 Å². The number of pyridine rings is 1. The van der Waals surface area contributed by atoms with Gasteiger partial charge in [0.25, 0.3) is 11.2 Å². The lowest BCUT2D eigenvalue weighted by Crippen LogP contribution is -2.66. The molecule has 1 spiro atoms.